The zero-order valence-corrected chi connectivity index (χ0v) is 9.64. The minimum atomic E-state index is -0.886. The molecule has 0 saturated heterocycles. The molecule has 1 atom stereocenters. The molecule has 1 unspecified atom stereocenters. The van der Waals surface area contributed by atoms with Crippen LogP contribution in [-0.4, -0.2) is 60.0 Å². The molecule has 0 amide bonds. The maximum Gasteiger partial charge on any atom is 0.323 e. The van der Waals surface area contributed by atoms with Crippen LogP contribution in [0.25, 0.3) is 0 Å². The summed E-state index contributed by atoms with van der Waals surface area (Å²) in [5, 5.41) is 17.8. The van der Waals surface area contributed by atoms with Gasteiger partial charge in [-0.1, -0.05) is 0 Å². The fraction of sp³-hybridized carbons (Fsp3) is 0.900. The largest absolute Gasteiger partial charge is 0.480 e. The number of hydrogen-bond donors (Lipinski definition) is 2. The second-order valence-corrected chi connectivity index (χ2v) is 3.72. The summed E-state index contributed by atoms with van der Waals surface area (Å²) in [6.45, 7) is 4.67. The van der Waals surface area contributed by atoms with E-state index in [9.17, 15) is 4.79 Å². The first kappa shape index (κ1) is 14.3. The molecule has 0 saturated carbocycles. The number of aliphatic carboxylic acids is 1. The molecule has 0 aliphatic heterocycles. The van der Waals surface area contributed by atoms with E-state index in [0.29, 0.717) is 13.0 Å². The first-order chi connectivity index (χ1) is 7.04. The Hall–Kier alpha value is -0.650. The van der Waals surface area contributed by atoms with Crippen LogP contribution in [0.2, 0.25) is 0 Å². The van der Waals surface area contributed by atoms with Crippen LogP contribution < -0.4 is 0 Å². The Bertz CT molecular complexity index is 184. The zero-order valence-electron chi connectivity index (χ0n) is 9.64. The van der Waals surface area contributed by atoms with E-state index in [1.165, 1.54) is 7.11 Å². The number of aliphatic hydroxyl groups excluding tert-OH is 1. The van der Waals surface area contributed by atoms with E-state index in [0.717, 1.165) is 0 Å². The van der Waals surface area contributed by atoms with Crippen molar-refractivity contribution < 1.29 is 19.7 Å². The van der Waals surface area contributed by atoms with Gasteiger partial charge in [-0.15, -0.1) is 0 Å². The number of hydrogen-bond acceptors (Lipinski definition) is 4. The fourth-order valence-electron chi connectivity index (χ4n) is 1.49. The number of nitrogens with zero attached hydrogens (tertiary/aromatic N) is 1. The standard InChI is InChI=1S/C10H21NO4/c1-8(2)11(5-4-6-12)9(7-15-3)10(13)14/h8-9,12H,4-7H2,1-3H3,(H,13,14). The van der Waals surface area contributed by atoms with Crippen molar-refractivity contribution in [1.82, 2.24) is 4.90 Å². The highest BCUT2D eigenvalue weighted by Crippen LogP contribution is 2.07. The van der Waals surface area contributed by atoms with Crippen molar-refractivity contribution in [2.75, 3.05) is 26.9 Å². The normalized spacial score (nSPS) is 13.5. The van der Waals surface area contributed by atoms with Crippen molar-refractivity contribution >= 4 is 5.97 Å². The summed E-state index contributed by atoms with van der Waals surface area (Å²) in [5.74, 6) is -0.886. The number of carboxylic acid groups (broad SMARTS) is 1. The lowest BCUT2D eigenvalue weighted by molar-refractivity contribution is -0.146. The SMILES string of the molecule is COCC(C(=O)O)N(CCCO)C(C)C. The van der Waals surface area contributed by atoms with Crippen LogP contribution in [0.4, 0.5) is 0 Å². The lowest BCUT2D eigenvalue weighted by Crippen LogP contribution is -2.48. The van der Waals surface area contributed by atoms with Gasteiger partial charge < -0.3 is 14.9 Å². The Balaban J connectivity index is 4.44. The Morgan fingerprint density at radius 3 is 2.40 bits per heavy atom. The predicted octanol–water partition coefficient (Wildman–Crippen LogP) is 0.179. The Morgan fingerprint density at radius 1 is 1.47 bits per heavy atom. The van der Waals surface area contributed by atoms with Gasteiger partial charge in [0.2, 0.25) is 0 Å². The molecule has 5 nitrogen and oxygen atoms in total. The molecule has 0 spiro atoms. The van der Waals surface area contributed by atoms with Crippen LogP contribution in [0.15, 0.2) is 0 Å². The fourth-order valence-corrected chi connectivity index (χ4v) is 1.49. The number of ether oxygens (including phenoxy) is 1. The molecule has 0 heterocycles. The third kappa shape index (κ3) is 5.11. The van der Waals surface area contributed by atoms with Crippen molar-refractivity contribution in [3.05, 3.63) is 0 Å². The molecule has 0 aromatic heterocycles. The highest BCUT2D eigenvalue weighted by molar-refractivity contribution is 5.73. The van der Waals surface area contributed by atoms with Crippen molar-refractivity contribution in [1.29, 1.82) is 0 Å². The molecule has 0 aromatic rings. The molecule has 0 aliphatic carbocycles. The second kappa shape index (κ2) is 7.62. The smallest absolute Gasteiger partial charge is 0.323 e. The van der Waals surface area contributed by atoms with Gasteiger partial charge in [-0.3, -0.25) is 9.69 Å². The maximum atomic E-state index is 11.0. The minimum Gasteiger partial charge on any atom is -0.480 e. The van der Waals surface area contributed by atoms with Crippen LogP contribution >= 0.6 is 0 Å². The highest BCUT2D eigenvalue weighted by atomic mass is 16.5. The number of carboxylic acids is 1. The number of rotatable bonds is 8. The molecule has 0 radical (unpaired) electrons. The van der Waals surface area contributed by atoms with Gasteiger partial charge >= 0.3 is 5.97 Å². The molecule has 15 heavy (non-hydrogen) atoms. The first-order valence-electron chi connectivity index (χ1n) is 5.13. The van der Waals surface area contributed by atoms with Gasteiger partial charge in [0.05, 0.1) is 6.61 Å². The Kier molecular flexibility index (Phi) is 7.29. The topological polar surface area (TPSA) is 70.0 Å². The van der Waals surface area contributed by atoms with Crippen molar-refractivity contribution in [3.8, 4) is 0 Å². The van der Waals surface area contributed by atoms with Gasteiger partial charge in [0.1, 0.15) is 6.04 Å². The third-order valence-electron chi connectivity index (χ3n) is 2.25. The van der Waals surface area contributed by atoms with E-state index >= 15 is 0 Å². The lowest BCUT2D eigenvalue weighted by atomic mass is 10.2. The molecule has 90 valence electrons. The first-order valence-corrected chi connectivity index (χ1v) is 5.13. The summed E-state index contributed by atoms with van der Waals surface area (Å²) >= 11 is 0. The number of methoxy groups -OCH3 is 1. The van der Waals surface area contributed by atoms with Gasteiger partial charge in [-0.05, 0) is 20.3 Å². The summed E-state index contributed by atoms with van der Waals surface area (Å²) in [6.07, 6.45) is 0.575. The van der Waals surface area contributed by atoms with Gasteiger partial charge in [-0.25, -0.2) is 0 Å². The lowest BCUT2D eigenvalue weighted by Gasteiger charge is -2.31. The second-order valence-electron chi connectivity index (χ2n) is 3.72. The number of aliphatic hydroxyl groups is 1. The van der Waals surface area contributed by atoms with Crippen LogP contribution in [-0.2, 0) is 9.53 Å². The Morgan fingerprint density at radius 2 is 2.07 bits per heavy atom. The molecular weight excluding hydrogens is 198 g/mol. The minimum absolute atomic E-state index is 0.0720. The zero-order chi connectivity index (χ0) is 11.8. The molecule has 0 aliphatic rings. The van der Waals surface area contributed by atoms with Crippen LogP contribution in [0.5, 0.6) is 0 Å². The van der Waals surface area contributed by atoms with Crippen molar-refractivity contribution in [2.24, 2.45) is 0 Å². The summed E-state index contributed by atoms with van der Waals surface area (Å²) in [6, 6.07) is -0.519. The summed E-state index contributed by atoms with van der Waals surface area (Å²) < 4.78 is 4.89. The average Bonchev–Trinajstić information content (AvgIpc) is 2.16. The third-order valence-corrected chi connectivity index (χ3v) is 2.25. The monoisotopic (exact) mass is 219 g/mol. The van der Waals surface area contributed by atoms with Gasteiger partial charge in [-0.2, -0.15) is 0 Å². The molecule has 0 aromatic carbocycles. The molecule has 0 bridgehead atoms. The molecule has 0 fully saturated rings. The van der Waals surface area contributed by atoms with E-state index in [1.807, 2.05) is 18.7 Å². The summed E-state index contributed by atoms with van der Waals surface area (Å²) in [7, 11) is 1.49. The average molecular weight is 219 g/mol. The van der Waals surface area contributed by atoms with Gasteiger partial charge in [0.25, 0.3) is 0 Å². The molecule has 2 N–H and O–H groups in total. The molecule has 5 heteroatoms. The quantitative estimate of drug-likeness (QED) is 0.609. The summed E-state index contributed by atoms with van der Waals surface area (Å²) in [5.41, 5.74) is 0. The molecule has 0 rings (SSSR count). The van der Waals surface area contributed by atoms with Crippen molar-refractivity contribution in [2.45, 2.75) is 32.4 Å². The van der Waals surface area contributed by atoms with Crippen LogP contribution in [0.3, 0.4) is 0 Å². The van der Waals surface area contributed by atoms with Gasteiger partial charge in [0, 0.05) is 26.3 Å². The maximum absolute atomic E-state index is 11.0. The van der Waals surface area contributed by atoms with Gasteiger partial charge in [0.15, 0.2) is 0 Å². The Labute approximate surface area is 90.6 Å². The number of carbonyl (C=O) groups is 1. The van der Waals surface area contributed by atoms with E-state index in [2.05, 4.69) is 0 Å². The summed E-state index contributed by atoms with van der Waals surface area (Å²) in [4.78, 5) is 12.8. The molecular formula is C10H21NO4. The van der Waals surface area contributed by atoms with Crippen LogP contribution in [0, 0.1) is 0 Å². The highest BCUT2D eigenvalue weighted by Gasteiger charge is 2.26. The van der Waals surface area contributed by atoms with E-state index in [1.54, 1.807) is 0 Å². The van der Waals surface area contributed by atoms with E-state index in [-0.39, 0.29) is 19.3 Å². The van der Waals surface area contributed by atoms with Crippen LogP contribution in [0.1, 0.15) is 20.3 Å². The van der Waals surface area contributed by atoms with Crippen molar-refractivity contribution in [3.63, 3.8) is 0 Å². The van der Waals surface area contributed by atoms with E-state index in [4.69, 9.17) is 14.9 Å². The predicted molar refractivity (Wildman–Crippen MR) is 56.8 cm³/mol. The van der Waals surface area contributed by atoms with E-state index < -0.39 is 12.0 Å².